The van der Waals surface area contributed by atoms with Gasteiger partial charge in [-0.15, -0.1) is 0 Å². The SMILES string of the molecule is COC(=O)c1cc(OCC2(NC(=O)OC(C)(C)C)CC2)cnc1Cl. The van der Waals surface area contributed by atoms with Gasteiger partial charge in [0.25, 0.3) is 0 Å². The lowest BCUT2D eigenvalue weighted by atomic mass is 10.2. The Kier molecular flexibility index (Phi) is 5.22. The van der Waals surface area contributed by atoms with E-state index >= 15 is 0 Å². The van der Waals surface area contributed by atoms with Gasteiger partial charge in [0.1, 0.15) is 28.7 Å². The van der Waals surface area contributed by atoms with Crippen LogP contribution >= 0.6 is 11.6 Å². The number of amides is 1. The molecule has 0 saturated heterocycles. The van der Waals surface area contributed by atoms with Crippen LogP contribution in [0.2, 0.25) is 5.15 Å². The molecule has 0 atom stereocenters. The number of hydrogen-bond donors (Lipinski definition) is 1. The summed E-state index contributed by atoms with van der Waals surface area (Å²) < 4.78 is 15.5. The molecule has 8 heteroatoms. The van der Waals surface area contributed by atoms with Crippen LogP contribution in [0.15, 0.2) is 12.3 Å². The Labute approximate surface area is 145 Å². The number of methoxy groups -OCH3 is 1. The molecular formula is C16H21ClN2O5. The van der Waals surface area contributed by atoms with Gasteiger partial charge in [-0.1, -0.05) is 11.6 Å². The molecule has 0 bridgehead atoms. The van der Waals surface area contributed by atoms with Gasteiger partial charge in [-0.25, -0.2) is 14.6 Å². The minimum absolute atomic E-state index is 0.0437. The largest absolute Gasteiger partial charge is 0.490 e. The third-order valence-corrected chi connectivity index (χ3v) is 3.66. The topological polar surface area (TPSA) is 86.8 Å². The van der Waals surface area contributed by atoms with Gasteiger partial charge in [-0.05, 0) is 39.7 Å². The van der Waals surface area contributed by atoms with Crippen molar-refractivity contribution >= 4 is 23.7 Å². The zero-order valence-corrected chi connectivity index (χ0v) is 14.9. The van der Waals surface area contributed by atoms with Crippen molar-refractivity contribution in [3.05, 3.63) is 23.0 Å². The fourth-order valence-corrected chi connectivity index (χ4v) is 2.14. The number of hydrogen-bond acceptors (Lipinski definition) is 6. The summed E-state index contributed by atoms with van der Waals surface area (Å²) in [5.41, 5.74) is -0.883. The molecule has 1 aromatic heterocycles. The number of alkyl carbamates (subject to hydrolysis) is 1. The van der Waals surface area contributed by atoms with Gasteiger partial charge in [-0.3, -0.25) is 0 Å². The molecule has 1 N–H and O–H groups in total. The van der Waals surface area contributed by atoms with Gasteiger partial charge in [0, 0.05) is 0 Å². The standard InChI is InChI=1S/C16H21ClN2O5/c1-15(2,3)24-14(21)19-16(5-6-16)9-23-10-7-11(13(20)22-4)12(17)18-8-10/h7-8H,5-6,9H2,1-4H3,(H,19,21). The quantitative estimate of drug-likeness (QED) is 0.644. The van der Waals surface area contributed by atoms with Crippen molar-refractivity contribution in [2.75, 3.05) is 13.7 Å². The highest BCUT2D eigenvalue weighted by molar-refractivity contribution is 6.32. The molecule has 1 aromatic rings. The van der Waals surface area contributed by atoms with Crippen LogP contribution < -0.4 is 10.1 Å². The Bertz CT molecular complexity index is 638. The maximum Gasteiger partial charge on any atom is 0.408 e. The molecule has 1 fully saturated rings. The van der Waals surface area contributed by atoms with Crippen molar-refractivity contribution in [3.8, 4) is 5.75 Å². The highest BCUT2D eigenvalue weighted by Gasteiger charge is 2.46. The zero-order valence-electron chi connectivity index (χ0n) is 14.1. The highest BCUT2D eigenvalue weighted by Crippen LogP contribution is 2.36. The molecule has 24 heavy (non-hydrogen) atoms. The van der Waals surface area contributed by atoms with E-state index in [-0.39, 0.29) is 17.3 Å². The number of carbonyl (C=O) groups is 2. The van der Waals surface area contributed by atoms with Crippen LogP contribution in [0.25, 0.3) is 0 Å². The average molecular weight is 357 g/mol. The fourth-order valence-electron chi connectivity index (χ4n) is 1.96. The molecule has 1 aliphatic rings. The molecule has 7 nitrogen and oxygen atoms in total. The number of halogens is 1. The van der Waals surface area contributed by atoms with Crippen molar-refractivity contribution in [1.29, 1.82) is 0 Å². The number of carbonyl (C=O) groups excluding carboxylic acids is 2. The summed E-state index contributed by atoms with van der Waals surface area (Å²) in [6.45, 7) is 5.65. The monoisotopic (exact) mass is 356 g/mol. The molecule has 132 valence electrons. The zero-order chi connectivity index (χ0) is 18.0. The third-order valence-electron chi connectivity index (χ3n) is 3.35. The van der Waals surface area contributed by atoms with Crippen LogP contribution in [-0.2, 0) is 9.47 Å². The minimum atomic E-state index is -0.592. The first-order chi connectivity index (χ1) is 11.1. The number of nitrogens with zero attached hydrogens (tertiary/aromatic N) is 1. The molecular weight excluding hydrogens is 336 g/mol. The first-order valence-electron chi connectivity index (χ1n) is 7.52. The lowest BCUT2D eigenvalue weighted by molar-refractivity contribution is 0.0476. The molecule has 2 rings (SSSR count). The van der Waals surface area contributed by atoms with Gasteiger partial charge >= 0.3 is 12.1 Å². The summed E-state index contributed by atoms with van der Waals surface area (Å²) in [5, 5.41) is 2.87. The number of aromatic nitrogens is 1. The summed E-state index contributed by atoms with van der Waals surface area (Å²) in [7, 11) is 1.26. The van der Waals surface area contributed by atoms with E-state index in [2.05, 4.69) is 15.0 Å². The lowest BCUT2D eigenvalue weighted by Crippen LogP contribution is -2.44. The van der Waals surface area contributed by atoms with Crippen LogP contribution in [0.3, 0.4) is 0 Å². The normalized spacial score (nSPS) is 15.4. The van der Waals surface area contributed by atoms with Crippen LogP contribution in [0, 0.1) is 0 Å². The third kappa shape index (κ3) is 4.99. The van der Waals surface area contributed by atoms with E-state index in [1.54, 1.807) is 20.8 Å². The first-order valence-corrected chi connectivity index (χ1v) is 7.90. The Morgan fingerprint density at radius 3 is 2.58 bits per heavy atom. The van der Waals surface area contributed by atoms with Crippen LogP contribution in [0.4, 0.5) is 4.79 Å². The summed E-state index contributed by atoms with van der Waals surface area (Å²) in [6, 6.07) is 1.46. The van der Waals surface area contributed by atoms with Gasteiger partial charge in [0.15, 0.2) is 0 Å². The van der Waals surface area contributed by atoms with E-state index in [1.807, 2.05) is 0 Å². The summed E-state index contributed by atoms with van der Waals surface area (Å²) in [5.74, 6) is -0.219. The average Bonchev–Trinajstić information content (AvgIpc) is 3.23. The second kappa shape index (κ2) is 6.84. The number of nitrogens with one attached hydrogen (secondary N) is 1. The summed E-state index contributed by atoms with van der Waals surface area (Å²) in [6.07, 6.45) is 2.51. The second-order valence-corrected chi connectivity index (χ2v) is 7.05. The maximum absolute atomic E-state index is 11.9. The van der Waals surface area contributed by atoms with E-state index in [4.69, 9.17) is 21.1 Å². The number of ether oxygens (including phenoxy) is 3. The van der Waals surface area contributed by atoms with Crippen molar-refractivity contribution in [1.82, 2.24) is 10.3 Å². The van der Waals surface area contributed by atoms with Crippen molar-refractivity contribution < 1.29 is 23.8 Å². The van der Waals surface area contributed by atoms with E-state index in [1.165, 1.54) is 19.4 Å². The molecule has 1 saturated carbocycles. The van der Waals surface area contributed by atoms with Gasteiger partial charge in [0.05, 0.1) is 18.8 Å². The van der Waals surface area contributed by atoms with Crippen LogP contribution in [0.1, 0.15) is 44.0 Å². The molecule has 0 aliphatic heterocycles. The lowest BCUT2D eigenvalue weighted by Gasteiger charge is -2.23. The smallest absolute Gasteiger partial charge is 0.408 e. The summed E-state index contributed by atoms with van der Waals surface area (Å²) >= 11 is 5.86. The van der Waals surface area contributed by atoms with Crippen LogP contribution in [-0.4, -0.2) is 41.9 Å². The minimum Gasteiger partial charge on any atom is -0.490 e. The predicted molar refractivity (Wildman–Crippen MR) is 87.4 cm³/mol. The molecule has 0 radical (unpaired) electrons. The predicted octanol–water partition coefficient (Wildman–Crippen LogP) is 2.96. The molecule has 1 heterocycles. The summed E-state index contributed by atoms with van der Waals surface area (Å²) in [4.78, 5) is 27.4. The molecule has 1 aliphatic carbocycles. The van der Waals surface area contributed by atoms with Gasteiger partial charge < -0.3 is 19.5 Å². The molecule has 0 spiro atoms. The Hall–Kier alpha value is -2.02. The first kappa shape index (κ1) is 18.3. The Morgan fingerprint density at radius 1 is 1.38 bits per heavy atom. The van der Waals surface area contributed by atoms with Crippen molar-refractivity contribution in [2.45, 2.75) is 44.8 Å². The molecule has 1 amide bonds. The highest BCUT2D eigenvalue weighted by atomic mass is 35.5. The second-order valence-electron chi connectivity index (χ2n) is 6.70. The maximum atomic E-state index is 11.9. The van der Waals surface area contributed by atoms with E-state index in [9.17, 15) is 9.59 Å². The van der Waals surface area contributed by atoms with Crippen molar-refractivity contribution in [3.63, 3.8) is 0 Å². The Morgan fingerprint density at radius 2 is 2.04 bits per heavy atom. The Balaban J connectivity index is 1.96. The van der Waals surface area contributed by atoms with E-state index in [0.29, 0.717) is 5.75 Å². The van der Waals surface area contributed by atoms with Gasteiger partial charge in [-0.2, -0.15) is 0 Å². The van der Waals surface area contributed by atoms with Gasteiger partial charge in [0.2, 0.25) is 0 Å². The van der Waals surface area contributed by atoms with Crippen LogP contribution in [0.5, 0.6) is 5.75 Å². The van der Waals surface area contributed by atoms with E-state index < -0.39 is 23.2 Å². The number of rotatable bonds is 5. The number of pyridine rings is 1. The van der Waals surface area contributed by atoms with Crippen molar-refractivity contribution in [2.24, 2.45) is 0 Å². The number of esters is 1. The van der Waals surface area contributed by atoms with E-state index in [0.717, 1.165) is 12.8 Å². The molecule has 0 aromatic carbocycles. The fraction of sp³-hybridized carbons (Fsp3) is 0.562. The molecule has 0 unspecified atom stereocenters.